The molecule has 1 aromatic rings. The van der Waals surface area contributed by atoms with Crippen LogP contribution in [0.25, 0.3) is 0 Å². The van der Waals surface area contributed by atoms with E-state index in [4.69, 9.17) is 9.73 Å². The molecule has 0 aliphatic heterocycles. The number of ether oxygens (including phenoxy) is 1. The van der Waals surface area contributed by atoms with Gasteiger partial charge in [0.25, 0.3) is 0 Å². The minimum Gasteiger partial charge on any atom is -0.379 e. The van der Waals surface area contributed by atoms with Crippen LogP contribution in [0, 0.1) is 12.8 Å². The van der Waals surface area contributed by atoms with Crippen LogP contribution in [0.2, 0.25) is 0 Å². The van der Waals surface area contributed by atoms with Gasteiger partial charge in [0, 0.05) is 33.8 Å². The van der Waals surface area contributed by atoms with Crippen molar-refractivity contribution in [2.24, 2.45) is 18.0 Å². The fraction of sp³-hybridized carbons (Fsp3) is 0.824. The van der Waals surface area contributed by atoms with Crippen molar-refractivity contribution in [3.05, 3.63) is 11.6 Å². The molecule has 1 aliphatic carbocycles. The van der Waals surface area contributed by atoms with Crippen molar-refractivity contribution in [2.75, 3.05) is 45.4 Å². The van der Waals surface area contributed by atoms with Gasteiger partial charge in [0.1, 0.15) is 12.4 Å². The van der Waals surface area contributed by atoms with E-state index in [0.717, 1.165) is 62.0 Å². The molecule has 8 heteroatoms. The SMILES string of the molecule is CSCCCNC(=NCc1nnc(C)n1C)N(C)CCOCC1CC1. The Labute approximate surface area is 155 Å². The molecule has 142 valence electrons. The zero-order valence-electron chi connectivity index (χ0n) is 16.0. The lowest BCUT2D eigenvalue weighted by atomic mass is 10.4. The summed E-state index contributed by atoms with van der Waals surface area (Å²) in [5.41, 5.74) is 0. The summed E-state index contributed by atoms with van der Waals surface area (Å²) in [6.45, 7) is 5.87. The van der Waals surface area contributed by atoms with Crippen molar-refractivity contribution in [3.63, 3.8) is 0 Å². The van der Waals surface area contributed by atoms with Crippen molar-refractivity contribution in [2.45, 2.75) is 32.7 Å². The van der Waals surface area contributed by atoms with E-state index in [0.29, 0.717) is 6.54 Å². The second-order valence-electron chi connectivity index (χ2n) is 6.58. The standard InChI is InChI=1S/C17H32N6OS/c1-14-20-21-16(23(14)3)12-19-17(18-8-5-11-25-4)22(2)9-10-24-13-15-6-7-15/h15H,5-13H2,1-4H3,(H,18,19). The summed E-state index contributed by atoms with van der Waals surface area (Å²) in [6, 6.07) is 0. The third-order valence-electron chi connectivity index (χ3n) is 4.34. The second kappa shape index (κ2) is 10.7. The predicted octanol–water partition coefficient (Wildman–Crippen LogP) is 1.68. The lowest BCUT2D eigenvalue weighted by Crippen LogP contribution is -2.41. The van der Waals surface area contributed by atoms with Gasteiger partial charge in [0.2, 0.25) is 0 Å². The van der Waals surface area contributed by atoms with Crippen molar-refractivity contribution in [1.29, 1.82) is 0 Å². The summed E-state index contributed by atoms with van der Waals surface area (Å²) in [6.07, 6.45) is 5.91. The summed E-state index contributed by atoms with van der Waals surface area (Å²) in [5.74, 6) is 4.64. The number of nitrogens with zero attached hydrogens (tertiary/aromatic N) is 5. The molecule has 0 atom stereocenters. The maximum absolute atomic E-state index is 5.75. The highest BCUT2D eigenvalue weighted by atomic mass is 32.2. The molecule has 0 aromatic carbocycles. The predicted molar refractivity (Wildman–Crippen MR) is 104 cm³/mol. The van der Waals surface area contributed by atoms with E-state index < -0.39 is 0 Å². The molecular formula is C17H32N6OS. The molecule has 0 spiro atoms. The largest absolute Gasteiger partial charge is 0.379 e. The van der Waals surface area contributed by atoms with E-state index in [2.05, 4.69) is 33.7 Å². The first-order chi connectivity index (χ1) is 12.1. The van der Waals surface area contributed by atoms with E-state index >= 15 is 0 Å². The van der Waals surface area contributed by atoms with Crippen LogP contribution in [-0.2, 0) is 18.3 Å². The molecule has 1 fully saturated rings. The Morgan fingerprint density at radius 3 is 2.88 bits per heavy atom. The molecule has 0 saturated heterocycles. The van der Waals surface area contributed by atoms with Crippen LogP contribution in [0.5, 0.6) is 0 Å². The molecule has 2 rings (SSSR count). The van der Waals surface area contributed by atoms with Gasteiger partial charge in [-0.25, -0.2) is 4.99 Å². The molecule has 0 bridgehead atoms. The molecule has 0 radical (unpaired) electrons. The van der Waals surface area contributed by atoms with Gasteiger partial charge in [-0.2, -0.15) is 11.8 Å². The van der Waals surface area contributed by atoms with Crippen LogP contribution in [0.1, 0.15) is 30.9 Å². The van der Waals surface area contributed by atoms with Crippen molar-refractivity contribution >= 4 is 17.7 Å². The minimum absolute atomic E-state index is 0.523. The maximum Gasteiger partial charge on any atom is 0.194 e. The quantitative estimate of drug-likeness (QED) is 0.364. The summed E-state index contributed by atoms with van der Waals surface area (Å²) in [7, 11) is 4.03. The number of hydrogen-bond donors (Lipinski definition) is 1. The first-order valence-electron chi connectivity index (χ1n) is 9.02. The number of likely N-dealkylation sites (N-methyl/N-ethyl adjacent to an activating group) is 1. The van der Waals surface area contributed by atoms with E-state index in [1.165, 1.54) is 12.8 Å². The summed E-state index contributed by atoms with van der Waals surface area (Å²) in [4.78, 5) is 6.87. The average Bonchev–Trinajstić information content (AvgIpc) is 3.38. The van der Waals surface area contributed by atoms with E-state index in [1.54, 1.807) is 0 Å². The van der Waals surface area contributed by atoms with Crippen LogP contribution in [-0.4, -0.2) is 71.0 Å². The Balaban J connectivity index is 1.85. The molecule has 7 nitrogen and oxygen atoms in total. The van der Waals surface area contributed by atoms with E-state index in [9.17, 15) is 0 Å². The summed E-state index contributed by atoms with van der Waals surface area (Å²) >= 11 is 1.87. The average molecular weight is 369 g/mol. The molecule has 25 heavy (non-hydrogen) atoms. The number of nitrogens with one attached hydrogen (secondary N) is 1. The Hall–Kier alpha value is -1.28. The third-order valence-corrected chi connectivity index (χ3v) is 5.04. The molecule has 0 unspecified atom stereocenters. The number of guanidine groups is 1. The molecule has 1 aromatic heterocycles. The van der Waals surface area contributed by atoms with Crippen LogP contribution in [0.4, 0.5) is 0 Å². The van der Waals surface area contributed by atoms with E-state index in [1.807, 2.05) is 30.3 Å². The minimum atomic E-state index is 0.523. The first-order valence-corrected chi connectivity index (χ1v) is 10.4. The van der Waals surface area contributed by atoms with Gasteiger partial charge in [-0.05, 0) is 44.1 Å². The van der Waals surface area contributed by atoms with E-state index in [-0.39, 0.29) is 0 Å². The number of aryl methyl sites for hydroxylation is 1. The van der Waals surface area contributed by atoms with Gasteiger partial charge in [0.15, 0.2) is 11.8 Å². The van der Waals surface area contributed by atoms with Gasteiger partial charge in [0.05, 0.1) is 6.61 Å². The van der Waals surface area contributed by atoms with Crippen molar-refractivity contribution < 1.29 is 4.74 Å². The second-order valence-corrected chi connectivity index (χ2v) is 7.56. The summed E-state index contributed by atoms with van der Waals surface area (Å²) in [5, 5.41) is 11.7. The number of aliphatic imine (C=N–C) groups is 1. The fourth-order valence-corrected chi connectivity index (χ4v) is 2.74. The Bertz CT molecular complexity index is 543. The van der Waals surface area contributed by atoms with Crippen LogP contribution in [0.15, 0.2) is 4.99 Å². The Morgan fingerprint density at radius 2 is 2.24 bits per heavy atom. The third kappa shape index (κ3) is 7.23. The molecular weight excluding hydrogens is 336 g/mol. The van der Waals surface area contributed by atoms with Crippen molar-refractivity contribution in [3.8, 4) is 0 Å². The van der Waals surface area contributed by atoms with Gasteiger partial charge >= 0.3 is 0 Å². The zero-order chi connectivity index (χ0) is 18.1. The lowest BCUT2D eigenvalue weighted by Gasteiger charge is -2.22. The number of thioether (sulfide) groups is 1. The summed E-state index contributed by atoms with van der Waals surface area (Å²) < 4.78 is 7.73. The highest BCUT2D eigenvalue weighted by molar-refractivity contribution is 7.98. The van der Waals surface area contributed by atoms with Gasteiger partial charge in [-0.3, -0.25) is 0 Å². The van der Waals surface area contributed by atoms with Gasteiger partial charge in [-0.15, -0.1) is 10.2 Å². The van der Waals surface area contributed by atoms with Crippen molar-refractivity contribution in [1.82, 2.24) is 25.0 Å². The van der Waals surface area contributed by atoms with Crippen LogP contribution < -0.4 is 5.32 Å². The molecule has 1 saturated carbocycles. The van der Waals surface area contributed by atoms with Crippen LogP contribution >= 0.6 is 11.8 Å². The molecule has 1 heterocycles. The lowest BCUT2D eigenvalue weighted by molar-refractivity contribution is 0.115. The van der Waals surface area contributed by atoms with Crippen LogP contribution in [0.3, 0.4) is 0 Å². The highest BCUT2D eigenvalue weighted by Crippen LogP contribution is 2.28. The number of hydrogen-bond acceptors (Lipinski definition) is 5. The first kappa shape index (κ1) is 20.0. The number of rotatable bonds is 11. The van der Waals surface area contributed by atoms with Gasteiger partial charge < -0.3 is 19.5 Å². The number of aromatic nitrogens is 3. The Kier molecular flexibility index (Phi) is 8.54. The highest BCUT2D eigenvalue weighted by Gasteiger charge is 2.21. The normalized spacial score (nSPS) is 14.8. The molecule has 0 amide bonds. The van der Waals surface area contributed by atoms with Gasteiger partial charge in [-0.1, -0.05) is 0 Å². The smallest absolute Gasteiger partial charge is 0.194 e. The monoisotopic (exact) mass is 368 g/mol. The molecule has 1 N–H and O–H groups in total. The fourth-order valence-electron chi connectivity index (χ4n) is 2.30. The molecule has 1 aliphatic rings. The zero-order valence-corrected chi connectivity index (χ0v) is 16.8. The maximum atomic E-state index is 5.75. The Morgan fingerprint density at radius 1 is 1.44 bits per heavy atom. The topological polar surface area (TPSA) is 67.6 Å².